The first-order valence-corrected chi connectivity index (χ1v) is 7.14. The van der Waals surface area contributed by atoms with Crippen LogP contribution in [0.4, 0.5) is 5.69 Å². The molecule has 0 aromatic heterocycles. The van der Waals surface area contributed by atoms with Gasteiger partial charge in [-0.2, -0.15) is 0 Å². The van der Waals surface area contributed by atoms with Crippen molar-refractivity contribution >= 4 is 11.6 Å². The van der Waals surface area contributed by atoms with Gasteiger partial charge >= 0.3 is 0 Å². The van der Waals surface area contributed by atoms with Gasteiger partial charge in [0.15, 0.2) is 5.75 Å². The van der Waals surface area contributed by atoms with Crippen molar-refractivity contribution in [2.45, 2.75) is 13.0 Å². The first kappa shape index (κ1) is 16.8. The average Bonchev–Trinajstić information content (AvgIpc) is 2.54. The zero-order valence-electron chi connectivity index (χ0n) is 13.3. The number of nitrogens with one attached hydrogen (secondary N) is 1. The summed E-state index contributed by atoms with van der Waals surface area (Å²) < 4.78 is 5.76. The molecule has 6 heteroatoms. The Morgan fingerprint density at radius 2 is 1.96 bits per heavy atom. The minimum Gasteiger partial charge on any atom is -0.455 e. The Balaban J connectivity index is 2.33. The van der Waals surface area contributed by atoms with Crippen LogP contribution >= 0.6 is 0 Å². The van der Waals surface area contributed by atoms with Crippen LogP contribution in [0.1, 0.15) is 28.9 Å². The third kappa shape index (κ3) is 4.00. The summed E-state index contributed by atoms with van der Waals surface area (Å²) in [6, 6.07) is 11.7. The highest BCUT2D eigenvalue weighted by molar-refractivity contribution is 5.94. The molecule has 0 fully saturated rings. The molecule has 0 bridgehead atoms. The maximum atomic E-state index is 12.0. The van der Waals surface area contributed by atoms with Gasteiger partial charge in [0.2, 0.25) is 0 Å². The molecule has 23 heavy (non-hydrogen) atoms. The van der Waals surface area contributed by atoms with E-state index in [9.17, 15) is 15.1 Å². The van der Waals surface area contributed by atoms with E-state index >= 15 is 0 Å². The minimum atomic E-state index is -0.660. The van der Waals surface area contributed by atoms with E-state index in [1.54, 1.807) is 63.5 Å². The maximum absolute atomic E-state index is 12.0. The lowest BCUT2D eigenvalue weighted by Gasteiger charge is -2.15. The van der Waals surface area contributed by atoms with Crippen LogP contribution in [0.25, 0.3) is 0 Å². The fourth-order valence-electron chi connectivity index (χ4n) is 2.05. The van der Waals surface area contributed by atoms with Crippen LogP contribution in [0.2, 0.25) is 0 Å². The monoisotopic (exact) mass is 316 g/mol. The standard InChI is InChI=1S/C17H20N2O4/c1-11(20)12-7-8-15(18-22)16(10-12)23-14-6-4-5-13(9-14)17(21)19(2)3/h4-11,18,20,22H,1-3H3/t11-/m0/s1. The summed E-state index contributed by atoms with van der Waals surface area (Å²) in [6.07, 6.45) is -0.660. The molecule has 1 amide bonds. The van der Waals surface area contributed by atoms with Crippen LogP contribution in [0, 0.1) is 0 Å². The van der Waals surface area contributed by atoms with E-state index in [4.69, 9.17) is 4.74 Å². The summed E-state index contributed by atoms with van der Waals surface area (Å²) in [5.41, 5.74) is 3.57. The fraction of sp³-hybridized carbons (Fsp3) is 0.235. The van der Waals surface area contributed by atoms with Crippen molar-refractivity contribution in [3.05, 3.63) is 53.6 Å². The third-order valence-electron chi connectivity index (χ3n) is 3.32. The molecule has 0 saturated heterocycles. The largest absolute Gasteiger partial charge is 0.455 e. The summed E-state index contributed by atoms with van der Waals surface area (Å²) in [5.74, 6) is 0.672. The van der Waals surface area contributed by atoms with Crippen molar-refractivity contribution < 1.29 is 19.8 Å². The van der Waals surface area contributed by atoms with Crippen molar-refractivity contribution in [2.24, 2.45) is 0 Å². The molecule has 0 aliphatic heterocycles. The van der Waals surface area contributed by atoms with Crippen LogP contribution < -0.4 is 10.2 Å². The van der Waals surface area contributed by atoms with Crippen molar-refractivity contribution in [2.75, 3.05) is 19.6 Å². The minimum absolute atomic E-state index is 0.131. The lowest BCUT2D eigenvalue weighted by molar-refractivity contribution is 0.0827. The lowest BCUT2D eigenvalue weighted by atomic mass is 10.1. The Morgan fingerprint density at radius 3 is 2.57 bits per heavy atom. The molecule has 3 N–H and O–H groups in total. The molecule has 2 rings (SSSR count). The van der Waals surface area contributed by atoms with Gasteiger partial charge < -0.3 is 14.7 Å². The van der Waals surface area contributed by atoms with Gasteiger partial charge in [0.1, 0.15) is 11.4 Å². The lowest BCUT2D eigenvalue weighted by Crippen LogP contribution is -2.21. The molecule has 1 atom stereocenters. The van der Waals surface area contributed by atoms with Crippen LogP contribution in [-0.2, 0) is 0 Å². The molecule has 122 valence electrons. The summed E-state index contributed by atoms with van der Waals surface area (Å²) in [4.78, 5) is 13.5. The second-order valence-corrected chi connectivity index (χ2v) is 5.37. The van der Waals surface area contributed by atoms with Crippen LogP contribution in [0.3, 0.4) is 0 Å². The number of carbonyl (C=O) groups is 1. The summed E-state index contributed by atoms with van der Waals surface area (Å²) in [5, 5.41) is 18.9. The Bertz CT molecular complexity index is 699. The molecule has 0 spiro atoms. The van der Waals surface area contributed by atoms with E-state index in [0.29, 0.717) is 28.3 Å². The fourth-order valence-corrected chi connectivity index (χ4v) is 2.05. The molecule has 0 saturated carbocycles. The molecule has 2 aromatic carbocycles. The predicted molar refractivity (Wildman–Crippen MR) is 87.0 cm³/mol. The van der Waals surface area contributed by atoms with Gasteiger partial charge in [-0.15, -0.1) is 0 Å². The highest BCUT2D eigenvalue weighted by Crippen LogP contribution is 2.32. The number of hydrogen-bond donors (Lipinski definition) is 3. The highest BCUT2D eigenvalue weighted by Gasteiger charge is 2.12. The Kier molecular flexibility index (Phi) is 5.20. The van der Waals surface area contributed by atoms with Gasteiger partial charge in [-0.1, -0.05) is 12.1 Å². The van der Waals surface area contributed by atoms with Gasteiger partial charge in [-0.3, -0.25) is 15.5 Å². The van der Waals surface area contributed by atoms with Crippen molar-refractivity contribution in [1.82, 2.24) is 4.90 Å². The number of benzene rings is 2. The molecule has 2 aromatic rings. The highest BCUT2D eigenvalue weighted by atomic mass is 16.5. The number of aliphatic hydroxyl groups is 1. The normalized spacial score (nSPS) is 11.7. The molecule has 0 heterocycles. The molecule has 6 nitrogen and oxygen atoms in total. The van der Waals surface area contributed by atoms with E-state index < -0.39 is 6.10 Å². The first-order valence-electron chi connectivity index (χ1n) is 7.14. The van der Waals surface area contributed by atoms with Gasteiger partial charge in [-0.25, -0.2) is 0 Å². The average molecular weight is 316 g/mol. The number of carbonyl (C=O) groups excluding carboxylic acids is 1. The van der Waals surface area contributed by atoms with Gasteiger partial charge in [0.25, 0.3) is 5.91 Å². The van der Waals surface area contributed by atoms with E-state index in [0.717, 1.165) is 0 Å². The van der Waals surface area contributed by atoms with Gasteiger partial charge in [0, 0.05) is 19.7 Å². The van der Waals surface area contributed by atoms with Crippen LogP contribution in [0.5, 0.6) is 11.5 Å². The number of nitrogens with zero attached hydrogens (tertiary/aromatic N) is 1. The topological polar surface area (TPSA) is 82.0 Å². The number of hydrogen-bond acceptors (Lipinski definition) is 5. The quantitative estimate of drug-likeness (QED) is 0.739. The Morgan fingerprint density at radius 1 is 1.22 bits per heavy atom. The third-order valence-corrected chi connectivity index (χ3v) is 3.32. The van der Waals surface area contributed by atoms with Gasteiger partial charge in [-0.05, 0) is 42.8 Å². The number of aliphatic hydroxyl groups excluding tert-OH is 1. The van der Waals surface area contributed by atoms with E-state index in [2.05, 4.69) is 5.48 Å². The van der Waals surface area contributed by atoms with Gasteiger partial charge in [0.05, 0.1) is 6.10 Å². The molecule has 0 radical (unpaired) electrons. The summed E-state index contributed by atoms with van der Waals surface area (Å²) >= 11 is 0. The van der Waals surface area contributed by atoms with E-state index in [1.165, 1.54) is 4.90 Å². The molecular formula is C17H20N2O4. The Hall–Kier alpha value is -2.57. The molecular weight excluding hydrogens is 296 g/mol. The number of ether oxygens (including phenoxy) is 1. The van der Waals surface area contributed by atoms with Crippen LogP contribution in [0.15, 0.2) is 42.5 Å². The molecule has 0 unspecified atom stereocenters. The second-order valence-electron chi connectivity index (χ2n) is 5.37. The SMILES string of the molecule is C[C@H](O)c1ccc(NO)c(Oc2cccc(C(=O)N(C)C)c2)c1. The van der Waals surface area contributed by atoms with E-state index in [1.807, 2.05) is 0 Å². The number of amides is 1. The summed E-state index contributed by atoms with van der Waals surface area (Å²) in [7, 11) is 3.35. The second kappa shape index (κ2) is 7.13. The van der Waals surface area contributed by atoms with Crippen molar-refractivity contribution in [3.63, 3.8) is 0 Å². The summed E-state index contributed by atoms with van der Waals surface area (Å²) in [6.45, 7) is 1.64. The van der Waals surface area contributed by atoms with Crippen LogP contribution in [-0.4, -0.2) is 35.2 Å². The molecule has 0 aliphatic carbocycles. The maximum Gasteiger partial charge on any atom is 0.253 e. The molecule has 0 aliphatic rings. The number of rotatable bonds is 5. The van der Waals surface area contributed by atoms with Crippen molar-refractivity contribution in [1.29, 1.82) is 0 Å². The van der Waals surface area contributed by atoms with Crippen molar-refractivity contribution in [3.8, 4) is 11.5 Å². The first-order chi connectivity index (χ1) is 10.9. The smallest absolute Gasteiger partial charge is 0.253 e. The zero-order valence-corrected chi connectivity index (χ0v) is 13.3. The Labute approximate surface area is 134 Å². The zero-order chi connectivity index (χ0) is 17.0. The predicted octanol–water partition coefficient (Wildman–Crippen LogP) is 3.04. The number of anilines is 1. The van der Waals surface area contributed by atoms with E-state index in [-0.39, 0.29) is 5.91 Å².